The molecular formula is C4H7Br2N3O3. The van der Waals surface area contributed by atoms with E-state index in [1.54, 1.807) is 0 Å². The van der Waals surface area contributed by atoms with E-state index in [4.69, 9.17) is 18.3 Å². The first-order chi connectivity index (χ1) is 5.45. The van der Waals surface area contributed by atoms with E-state index in [1.165, 1.54) is 0 Å². The van der Waals surface area contributed by atoms with Gasteiger partial charge >= 0.3 is 14.8 Å². The zero-order valence-electron chi connectivity index (χ0n) is 6.04. The Kier molecular flexibility index (Phi) is 5.42. The van der Waals surface area contributed by atoms with Gasteiger partial charge in [-0.2, -0.15) is 5.10 Å². The SMILES string of the molecule is Cc1[nH]nc(N)c1Br.[O-][Br+2]([O-])O. The minimum atomic E-state index is -3.40. The van der Waals surface area contributed by atoms with Crippen molar-refractivity contribution in [1.29, 1.82) is 0 Å². The number of hydrogen-bond donors (Lipinski definition) is 3. The molecule has 1 aromatic rings. The summed E-state index contributed by atoms with van der Waals surface area (Å²) in [7, 11) is 0. The Morgan fingerprint density at radius 2 is 2.08 bits per heavy atom. The number of nitrogens with zero attached hydrogens (tertiary/aromatic N) is 1. The maximum Gasteiger partial charge on any atom is 0.433 e. The second-order valence-corrected chi connectivity index (χ2v) is 3.39. The van der Waals surface area contributed by atoms with Crippen LogP contribution in [0, 0.1) is 21.7 Å². The van der Waals surface area contributed by atoms with Crippen LogP contribution >= 0.6 is 15.9 Å². The lowest BCUT2D eigenvalue weighted by atomic mass is 10.5. The fourth-order valence-corrected chi connectivity index (χ4v) is 0.612. The molecule has 0 spiro atoms. The predicted octanol–water partition coefficient (Wildman–Crippen LogP) is -1.87. The molecule has 0 amide bonds. The third-order valence-electron chi connectivity index (χ3n) is 0.898. The summed E-state index contributed by atoms with van der Waals surface area (Å²) in [6.45, 7) is 1.90. The van der Waals surface area contributed by atoms with Crippen LogP contribution in [-0.2, 0) is 0 Å². The van der Waals surface area contributed by atoms with Crippen LogP contribution in [0.1, 0.15) is 5.69 Å². The standard InChI is InChI=1S/C4H6BrN3.BrHO3/c1-2-3(5)4(6)8-7-2;2-1(3)4/h1H3,(H3,6,7,8);2H. The van der Waals surface area contributed by atoms with Crippen molar-refractivity contribution in [3.63, 3.8) is 0 Å². The van der Waals surface area contributed by atoms with Gasteiger partial charge in [-0.3, -0.25) is 5.10 Å². The Hall–Kier alpha value is -0.150. The van der Waals surface area contributed by atoms with Gasteiger partial charge in [-0.25, -0.2) is 0 Å². The van der Waals surface area contributed by atoms with E-state index in [-0.39, 0.29) is 0 Å². The first kappa shape index (κ1) is 11.8. The van der Waals surface area contributed by atoms with E-state index < -0.39 is 14.8 Å². The number of anilines is 1. The molecule has 0 saturated carbocycles. The molecule has 4 N–H and O–H groups in total. The Morgan fingerprint density at radius 3 is 2.17 bits per heavy atom. The van der Waals surface area contributed by atoms with E-state index in [9.17, 15) is 0 Å². The molecule has 0 saturated heterocycles. The molecule has 0 radical (unpaired) electrons. The summed E-state index contributed by atoms with van der Waals surface area (Å²) in [4.78, 5) is 0. The topological polar surface area (TPSA) is 121 Å². The summed E-state index contributed by atoms with van der Waals surface area (Å²) < 4.78 is 25.2. The Morgan fingerprint density at radius 1 is 1.67 bits per heavy atom. The average Bonchev–Trinajstić information content (AvgIpc) is 2.19. The summed E-state index contributed by atoms with van der Waals surface area (Å²) in [5.74, 6) is 0.516. The van der Waals surface area contributed by atoms with Crippen LogP contribution in [0.4, 0.5) is 5.82 Å². The fraction of sp³-hybridized carbons (Fsp3) is 0.250. The number of nitrogen functional groups attached to an aromatic ring is 1. The van der Waals surface area contributed by atoms with Gasteiger partial charge in [-0.1, -0.05) is 0 Å². The Balaban J connectivity index is 0.000000261. The summed E-state index contributed by atoms with van der Waals surface area (Å²) in [6, 6.07) is 0. The quantitative estimate of drug-likeness (QED) is 0.518. The van der Waals surface area contributed by atoms with Crippen LogP contribution in [0.5, 0.6) is 0 Å². The normalized spacial score (nSPS) is 9.50. The average molecular weight is 305 g/mol. The molecule has 0 aliphatic heterocycles. The van der Waals surface area contributed by atoms with E-state index in [0.29, 0.717) is 5.82 Å². The molecule has 0 aliphatic carbocycles. The zero-order chi connectivity index (χ0) is 9.72. The van der Waals surface area contributed by atoms with Crippen molar-refractivity contribution in [2.75, 3.05) is 5.73 Å². The van der Waals surface area contributed by atoms with E-state index in [1.807, 2.05) is 6.92 Å². The molecule has 0 aromatic carbocycles. The summed E-state index contributed by atoms with van der Waals surface area (Å²) in [5.41, 5.74) is 6.31. The monoisotopic (exact) mass is 303 g/mol. The van der Waals surface area contributed by atoms with Gasteiger partial charge in [0.15, 0.2) is 5.82 Å². The van der Waals surface area contributed by atoms with E-state index in [0.717, 1.165) is 10.2 Å². The molecule has 1 heterocycles. The van der Waals surface area contributed by atoms with Gasteiger partial charge in [0.05, 0.1) is 4.47 Å². The highest BCUT2D eigenvalue weighted by Crippen LogP contribution is 2.18. The lowest BCUT2D eigenvalue weighted by Gasteiger charge is -1.81. The molecule has 6 nitrogen and oxygen atoms in total. The van der Waals surface area contributed by atoms with Gasteiger partial charge in [0.1, 0.15) is 0 Å². The molecule has 1 rings (SSSR count). The molecule has 0 atom stereocenters. The van der Waals surface area contributed by atoms with E-state index in [2.05, 4.69) is 26.1 Å². The molecule has 0 fully saturated rings. The van der Waals surface area contributed by atoms with Gasteiger partial charge < -0.3 is 14.1 Å². The number of halogens is 2. The van der Waals surface area contributed by atoms with Crippen LogP contribution in [0.15, 0.2) is 4.47 Å². The molecule has 0 unspecified atom stereocenters. The second-order valence-electron chi connectivity index (χ2n) is 1.75. The van der Waals surface area contributed by atoms with Crippen molar-refractivity contribution in [3.05, 3.63) is 10.2 Å². The number of nitrogens with two attached hydrogens (primary N) is 1. The third-order valence-corrected chi connectivity index (χ3v) is 1.90. The number of aromatic nitrogens is 2. The molecular weight excluding hydrogens is 298 g/mol. The fourth-order valence-electron chi connectivity index (χ4n) is 0.434. The molecule has 0 aliphatic rings. The number of rotatable bonds is 0. The lowest BCUT2D eigenvalue weighted by molar-refractivity contribution is -1.63. The van der Waals surface area contributed by atoms with Crippen LogP contribution < -0.4 is 14.1 Å². The third kappa shape index (κ3) is 4.67. The molecule has 8 heteroatoms. The van der Waals surface area contributed by atoms with Gasteiger partial charge in [0.25, 0.3) is 0 Å². The lowest BCUT2D eigenvalue weighted by Crippen LogP contribution is -2.30. The molecule has 70 valence electrons. The Bertz CT molecular complexity index is 217. The maximum atomic E-state index is 8.63. The first-order valence-corrected chi connectivity index (χ1v) is 5.45. The second kappa shape index (κ2) is 5.49. The zero-order valence-corrected chi connectivity index (χ0v) is 9.22. The number of aromatic amines is 1. The van der Waals surface area contributed by atoms with Crippen LogP contribution in [0.2, 0.25) is 0 Å². The van der Waals surface area contributed by atoms with Gasteiger partial charge in [0, 0.05) is 5.69 Å². The smallest absolute Gasteiger partial charge is 0.381 e. The number of aryl methyl sites for hydroxylation is 1. The molecule has 0 bridgehead atoms. The number of hydrogen-bond acceptors (Lipinski definition) is 5. The highest BCUT2D eigenvalue weighted by Gasteiger charge is 1.99. The van der Waals surface area contributed by atoms with Crippen molar-refractivity contribution in [3.8, 4) is 0 Å². The number of H-pyrrole nitrogens is 1. The largest absolute Gasteiger partial charge is 0.433 e. The van der Waals surface area contributed by atoms with Crippen molar-refractivity contribution >= 4 is 21.7 Å². The summed E-state index contributed by atoms with van der Waals surface area (Å²) in [6.07, 6.45) is 0. The van der Waals surface area contributed by atoms with Gasteiger partial charge in [-0.15, -0.1) is 0 Å². The highest BCUT2D eigenvalue weighted by molar-refractivity contribution is 9.10. The maximum absolute atomic E-state index is 8.63. The van der Waals surface area contributed by atoms with Crippen molar-refractivity contribution in [2.24, 2.45) is 0 Å². The Labute approximate surface area is 82.4 Å². The van der Waals surface area contributed by atoms with Gasteiger partial charge in [0.2, 0.25) is 0 Å². The van der Waals surface area contributed by atoms with Crippen molar-refractivity contribution in [1.82, 2.24) is 10.2 Å². The summed E-state index contributed by atoms with van der Waals surface area (Å²) >= 11 is -0.166. The number of nitrogens with one attached hydrogen (secondary N) is 1. The van der Waals surface area contributed by atoms with Crippen molar-refractivity contribution < 1.29 is 27.4 Å². The predicted molar refractivity (Wildman–Crippen MR) is 37.7 cm³/mol. The minimum Gasteiger partial charge on any atom is -0.381 e. The van der Waals surface area contributed by atoms with E-state index >= 15 is 0 Å². The molecule has 12 heavy (non-hydrogen) atoms. The van der Waals surface area contributed by atoms with Crippen LogP contribution in [0.25, 0.3) is 0 Å². The highest BCUT2D eigenvalue weighted by atomic mass is 80.0. The summed E-state index contributed by atoms with van der Waals surface area (Å²) in [5, 5.41) is 6.44. The van der Waals surface area contributed by atoms with Crippen molar-refractivity contribution in [2.45, 2.75) is 6.92 Å². The molecule has 1 aromatic heterocycles. The minimum absolute atomic E-state index is 0.516. The van der Waals surface area contributed by atoms with Crippen LogP contribution in [-0.4, -0.2) is 14.4 Å². The first-order valence-electron chi connectivity index (χ1n) is 2.65. The van der Waals surface area contributed by atoms with Crippen LogP contribution in [0.3, 0.4) is 0 Å². The van der Waals surface area contributed by atoms with Gasteiger partial charge in [-0.05, 0) is 27.1 Å².